The molecule has 4 nitrogen and oxygen atoms in total. The van der Waals surface area contributed by atoms with E-state index in [-0.39, 0.29) is 12.2 Å². The standard InChI is InChI=1S/C9H18N2O2/c1-2-3-11-9(12)13-8-4-7(5-8)6-10/h7-8H,2-6,10H2,1H3,(H,11,12). The zero-order valence-electron chi connectivity index (χ0n) is 8.08. The van der Waals surface area contributed by atoms with Crippen molar-refractivity contribution in [2.24, 2.45) is 11.7 Å². The van der Waals surface area contributed by atoms with Gasteiger partial charge in [-0.25, -0.2) is 4.79 Å². The third-order valence-electron chi connectivity index (χ3n) is 2.32. The summed E-state index contributed by atoms with van der Waals surface area (Å²) >= 11 is 0. The van der Waals surface area contributed by atoms with Crippen molar-refractivity contribution in [1.29, 1.82) is 0 Å². The van der Waals surface area contributed by atoms with E-state index in [1.54, 1.807) is 0 Å². The van der Waals surface area contributed by atoms with Crippen LogP contribution in [-0.2, 0) is 4.74 Å². The molecule has 13 heavy (non-hydrogen) atoms. The zero-order valence-corrected chi connectivity index (χ0v) is 8.08. The van der Waals surface area contributed by atoms with Gasteiger partial charge in [0, 0.05) is 6.54 Å². The highest BCUT2D eigenvalue weighted by Gasteiger charge is 2.30. The first-order chi connectivity index (χ1) is 6.26. The normalized spacial score (nSPS) is 26.3. The molecule has 0 atom stereocenters. The van der Waals surface area contributed by atoms with Crippen molar-refractivity contribution in [2.75, 3.05) is 13.1 Å². The molecule has 0 spiro atoms. The van der Waals surface area contributed by atoms with Crippen molar-refractivity contribution in [2.45, 2.75) is 32.3 Å². The summed E-state index contributed by atoms with van der Waals surface area (Å²) in [6.45, 7) is 3.40. The summed E-state index contributed by atoms with van der Waals surface area (Å²) in [7, 11) is 0. The number of hydrogen-bond donors (Lipinski definition) is 2. The van der Waals surface area contributed by atoms with Crippen LogP contribution in [0.4, 0.5) is 4.79 Å². The number of nitrogens with two attached hydrogens (primary N) is 1. The summed E-state index contributed by atoms with van der Waals surface area (Å²) in [5.41, 5.74) is 5.45. The number of rotatable bonds is 4. The lowest BCUT2D eigenvalue weighted by atomic mass is 9.82. The summed E-state index contributed by atoms with van der Waals surface area (Å²) in [5, 5.41) is 2.67. The van der Waals surface area contributed by atoms with Crippen LogP contribution in [0, 0.1) is 5.92 Å². The Morgan fingerprint density at radius 2 is 2.31 bits per heavy atom. The highest BCUT2D eigenvalue weighted by molar-refractivity contribution is 5.67. The number of amides is 1. The number of alkyl carbamates (subject to hydrolysis) is 1. The van der Waals surface area contributed by atoms with Gasteiger partial charge in [-0.05, 0) is 31.7 Å². The van der Waals surface area contributed by atoms with Crippen LogP contribution in [0.5, 0.6) is 0 Å². The van der Waals surface area contributed by atoms with Crippen molar-refractivity contribution in [3.05, 3.63) is 0 Å². The predicted molar refractivity (Wildman–Crippen MR) is 50.3 cm³/mol. The molecule has 76 valence electrons. The average molecular weight is 186 g/mol. The largest absolute Gasteiger partial charge is 0.446 e. The molecule has 4 heteroatoms. The maximum Gasteiger partial charge on any atom is 0.407 e. The van der Waals surface area contributed by atoms with Crippen molar-refractivity contribution in [3.8, 4) is 0 Å². The molecular weight excluding hydrogens is 168 g/mol. The van der Waals surface area contributed by atoms with Gasteiger partial charge in [0.25, 0.3) is 0 Å². The van der Waals surface area contributed by atoms with Gasteiger partial charge in [-0.3, -0.25) is 0 Å². The molecule has 0 saturated heterocycles. The van der Waals surface area contributed by atoms with Crippen LogP contribution in [0.2, 0.25) is 0 Å². The van der Waals surface area contributed by atoms with Crippen LogP contribution >= 0.6 is 0 Å². The van der Waals surface area contributed by atoms with Gasteiger partial charge in [-0.15, -0.1) is 0 Å². The summed E-state index contributed by atoms with van der Waals surface area (Å²) in [5.74, 6) is 0.559. The van der Waals surface area contributed by atoms with E-state index in [9.17, 15) is 4.79 Å². The third kappa shape index (κ3) is 3.22. The summed E-state index contributed by atoms with van der Waals surface area (Å²) in [4.78, 5) is 11.0. The topological polar surface area (TPSA) is 64.3 Å². The second-order valence-electron chi connectivity index (χ2n) is 3.53. The van der Waals surface area contributed by atoms with Crippen LogP contribution in [0.25, 0.3) is 0 Å². The summed E-state index contributed by atoms with van der Waals surface area (Å²) in [6, 6.07) is 0. The Balaban J connectivity index is 2.03. The van der Waals surface area contributed by atoms with Crippen LogP contribution < -0.4 is 11.1 Å². The van der Waals surface area contributed by atoms with E-state index >= 15 is 0 Å². The molecule has 0 aromatic heterocycles. The molecule has 0 aromatic rings. The molecule has 1 aliphatic rings. The van der Waals surface area contributed by atoms with Crippen LogP contribution in [-0.4, -0.2) is 25.3 Å². The Hall–Kier alpha value is -0.770. The SMILES string of the molecule is CCCNC(=O)OC1CC(CN)C1. The Labute approximate surface area is 78.8 Å². The molecule has 1 fully saturated rings. The minimum atomic E-state index is -0.290. The second-order valence-corrected chi connectivity index (χ2v) is 3.53. The fourth-order valence-corrected chi connectivity index (χ4v) is 1.38. The quantitative estimate of drug-likeness (QED) is 0.684. The van der Waals surface area contributed by atoms with Crippen molar-refractivity contribution in [3.63, 3.8) is 0 Å². The van der Waals surface area contributed by atoms with Crippen LogP contribution in [0.3, 0.4) is 0 Å². The lowest BCUT2D eigenvalue weighted by Gasteiger charge is -2.33. The van der Waals surface area contributed by atoms with E-state index in [0.717, 1.165) is 19.3 Å². The molecule has 1 rings (SSSR count). The van der Waals surface area contributed by atoms with Crippen molar-refractivity contribution < 1.29 is 9.53 Å². The fourth-order valence-electron chi connectivity index (χ4n) is 1.38. The van der Waals surface area contributed by atoms with Crippen LogP contribution in [0.1, 0.15) is 26.2 Å². The third-order valence-corrected chi connectivity index (χ3v) is 2.32. The average Bonchev–Trinajstić information content (AvgIpc) is 2.07. The lowest BCUT2D eigenvalue weighted by Crippen LogP contribution is -2.39. The van der Waals surface area contributed by atoms with E-state index in [4.69, 9.17) is 10.5 Å². The van der Waals surface area contributed by atoms with Gasteiger partial charge in [0.05, 0.1) is 0 Å². The van der Waals surface area contributed by atoms with Gasteiger partial charge in [-0.2, -0.15) is 0 Å². The Morgan fingerprint density at radius 3 is 2.85 bits per heavy atom. The Kier molecular flexibility index (Phi) is 4.02. The monoisotopic (exact) mass is 186 g/mol. The maximum atomic E-state index is 11.0. The molecule has 1 amide bonds. The second kappa shape index (κ2) is 5.07. The molecule has 1 saturated carbocycles. The highest BCUT2D eigenvalue weighted by atomic mass is 16.6. The molecule has 0 radical (unpaired) electrons. The minimum Gasteiger partial charge on any atom is -0.446 e. The molecule has 3 N–H and O–H groups in total. The van der Waals surface area contributed by atoms with Gasteiger partial charge in [0.1, 0.15) is 6.10 Å². The number of carbonyl (C=O) groups is 1. The first kappa shape index (κ1) is 10.3. The molecule has 0 aliphatic heterocycles. The van der Waals surface area contributed by atoms with Gasteiger partial charge < -0.3 is 15.8 Å². The number of ether oxygens (including phenoxy) is 1. The molecule has 1 aliphatic carbocycles. The minimum absolute atomic E-state index is 0.102. The first-order valence-electron chi connectivity index (χ1n) is 4.90. The van der Waals surface area contributed by atoms with Gasteiger partial charge in [0.2, 0.25) is 0 Å². The van der Waals surface area contributed by atoms with Crippen molar-refractivity contribution >= 4 is 6.09 Å². The van der Waals surface area contributed by atoms with E-state index in [1.165, 1.54) is 0 Å². The van der Waals surface area contributed by atoms with E-state index in [2.05, 4.69) is 5.32 Å². The van der Waals surface area contributed by atoms with E-state index in [1.807, 2.05) is 6.92 Å². The van der Waals surface area contributed by atoms with Gasteiger partial charge in [-0.1, -0.05) is 6.92 Å². The molecular formula is C9H18N2O2. The fraction of sp³-hybridized carbons (Fsp3) is 0.889. The molecule has 0 aromatic carbocycles. The summed E-state index contributed by atoms with van der Waals surface area (Å²) in [6.07, 6.45) is 2.60. The molecule has 0 bridgehead atoms. The number of carbonyl (C=O) groups excluding carboxylic acids is 1. The lowest BCUT2D eigenvalue weighted by molar-refractivity contribution is 0.0203. The predicted octanol–water partition coefficient (Wildman–Crippen LogP) is 0.860. The molecule has 0 heterocycles. The van der Waals surface area contributed by atoms with Gasteiger partial charge in [0.15, 0.2) is 0 Å². The number of nitrogens with one attached hydrogen (secondary N) is 1. The maximum absolute atomic E-state index is 11.0. The molecule has 0 unspecified atom stereocenters. The zero-order chi connectivity index (χ0) is 9.68. The number of hydrogen-bond acceptors (Lipinski definition) is 3. The highest BCUT2D eigenvalue weighted by Crippen LogP contribution is 2.28. The van der Waals surface area contributed by atoms with E-state index in [0.29, 0.717) is 19.0 Å². The first-order valence-corrected chi connectivity index (χ1v) is 4.90. The van der Waals surface area contributed by atoms with Crippen LogP contribution in [0.15, 0.2) is 0 Å². The Bertz CT molecular complexity index is 167. The summed E-state index contributed by atoms with van der Waals surface area (Å²) < 4.78 is 5.11. The Morgan fingerprint density at radius 1 is 1.62 bits per heavy atom. The van der Waals surface area contributed by atoms with Crippen molar-refractivity contribution in [1.82, 2.24) is 5.32 Å². The smallest absolute Gasteiger partial charge is 0.407 e. The van der Waals surface area contributed by atoms with E-state index < -0.39 is 0 Å². The van der Waals surface area contributed by atoms with Gasteiger partial charge >= 0.3 is 6.09 Å².